The fourth-order valence-electron chi connectivity index (χ4n) is 3.45. The van der Waals surface area contributed by atoms with Crippen LogP contribution in [-0.4, -0.2) is 44.4 Å². The quantitative estimate of drug-likeness (QED) is 0.378. The lowest BCUT2D eigenvalue weighted by Crippen LogP contribution is -2.23. The first-order chi connectivity index (χ1) is 15.8. The highest BCUT2D eigenvalue weighted by molar-refractivity contribution is 7.89. The molecule has 7 nitrogen and oxygen atoms in total. The van der Waals surface area contributed by atoms with Crippen molar-refractivity contribution in [3.63, 3.8) is 0 Å². The van der Waals surface area contributed by atoms with Crippen molar-refractivity contribution in [3.05, 3.63) is 82.7 Å². The number of hydrogen-bond acceptors (Lipinski definition) is 5. The number of likely N-dealkylation sites (N-methyl/N-ethyl adjacent to an activating group) is 1. The topological polar surface area (TPSA) is 83.4 Å². The first-order valence-electron chi connectivity index (χ1n) is 10.5. The highest BCUT2D eigenvalue weighted by Crippen LogP contribution is 2.22. The number of fused-ring (bicyclic) bond motifs is 1. The SMILES string of the molecule is CN(C)CCn1ccc2cc(NC(=O)c3cccc(S(=O)(=O)NCc4cccs4)c3)ccc21. The highest BCUT2D eigenvalue weighted by atomic mass is 32.2. The van der Waals surface area contributed by atoms with Crippen LogP contribution < -0.4 is 10.0 Å². The normalized spacial score (nSPS) is 11.8. The summed E-state index contributed by atoms with van der Waals surface area (Å²) in [5.74, 6) is -0.364. The minimum atomic E-state index is -3.73. The van der Waals surface area contributed by atoms with Gasteiger partial charge in [0.05, 0.1) is 4.90 Å². The third-order valence-corrected chi connectivity index (χ3v) is 7.52. The van der Waals surface area contributed by atoms with E-state index in [9.17, 15) is 13.2 Å². The molecule has 0 radical (unpaired) electrons. The zero-order valence-corrected chi connectivity index (χ0v) is 20.1. The van der Waals surface area contributed by atoms with Crippen molar-refractivity contribution in [1.82, 2.24) is 14.2 Å². The van der Waals surface area contributed by atoms with E-state index in [-0.39, 0.29) is 22.9 Å². The minimum Gasteiger partial charge on any atom is -0.346 e. The molecule has 2 aromatic carbocycles. The second kappa shape index (κ2) is 9.88. The number of thiophene rings is 1. The molecular weight excluding hydrogens is 456 g/mol. The summed E-state index contributed by atoms with van der Waals surface area (Å²) in [7, 11) is 0.350. The van der Waals surface area contributed by atoms with Crippen molar-refractivity contribution in [2.24, 2.45) is 0 Å². The lowest BCUT2D eigenvalue weighted by Gasteiger charge is -2.12. The number of rotatable bonds is 9. The predicted molar refractivity (Wildman–Crippen MR) is 133 cm³/mol. The Balaban J connectivity index is 1.46. The van der Waals surface area contributed by atoms with E-state index >= 15 is 0 Å². The monoisotopic (exact) mass is 482 g/mol. The summed E-state index contributed by atoms with van der Waals surface area (Å²) in [6, 6.07) is 17.6. The van der Waals surface area contributed by atoms with E-state index in [1.807, 2.05) is 62.1 Å². The molecule has 0 unspecified atom stereocenters. The molecule has 0 saturated carbocycles. The Morgan fingerprint density at radius 3 is 2.67 bits per heavy atom. The molecule has 2 aromatic heterocycles. The Kier molecular flexibility index (Phi) is 6.94. The number of hydrogen-bond donors (Lipinski definition) is 2. The molecule has 0 atom stereocenters. The summed E-state index contributed by atoms with van der Waals surface area (Å²) in [5, 5.41) is 5.79. The number of nitrogens with zero attached hydrogens (tertiary/aromatic N) is 2. The van der Waals surface area contributed by atoms with Crippen LogP contribution >= 0.6 is 11.3 Å². The highest BCUT2D eigenvalue weighted by Gasteiger charge is 2.17. The van der Waals surface area contributed by atoms with Crippen molar-refractivity contribution in [3.8, 4) is 0 Å². The number of amides is 1. The number of aromatic nitrogens is 1. The Hall–Kier alpha value is -2.98. The van der Waals surface area contributed by atoms with Gasteiger partial charge in [0.2, 0.25) is 10.0 Å². The Morgan fingerprint density at radius 2 is 1.91 bits per heavy atom. The zero-order valence-electron chi connectivity index (χ0n) is 18.5. The van der Waals surface area contributed by atoms with Crippen LogP contribution in [0.5, 0.6) is 0 Å². The predicted octanol–water partition coefficient (Wildman–Crippen LogP) is 4.00. The summed E-state index contributed by atoms with van der Waals surface area (Å²) < 4.78 is 30.1. The second-order valence-corrected chi connectivity index (χ2v) is 10.8. The van der Waals surface area contributed by atoms with E-state index < -0.39 is 10.0 Å². The molecule has 2 heterocycles. The van der Waals surface area contributed by atoms with Crippen molar-refractivity contribution in [2.45, 2.75) is 18.0 Å². The summed E-state index contributed by atoms with van der Waals surface area (Å²) in [6.07, 6.45) is 2.04. The Morgan fingerprint density at radius 1 is 1.06 bits per heavy atom. The molecule has 0 fully saturated rings. The molecule has 4 rings (SSSR count). The molecule has 0 bridgehead atoms. The maximum atomic E-state index is 12.8. The fraction of sp³-hybridized carbons (Fsp3) is 0.208. The van der Waals surface area contributed by atoms with Gasteiger partial charge in [-0.25, -0.2) is 13.1 Å². The van der Waals surface area contributed by atoms with E-state index in [0.717, 1.165) is 28.9 Å². The molecule has 1 amide bonds. The van der Waals surface area contributed by atoms with E-state index in [1.54, 1.807) is 12.1 Å². The first-order valence-corrected chi connectivity index (χ1v) is 12.9. The number of sulfonamides is 1. The molecular formula is C24H26N4O3S2. The largest absolute Gasteiger partial charge is 0.346 e. The van der Waals surface area contributed by atoms with Gasteiger partial charge in [0.1, 0.15) is 0 Å². The van der Waals surface area contributed by atoms with Gasteiger partial charge in [-0.2, -0.15) is 0 Å². The molecule has 0 aliphatic heterocycles. The van der Waals surface area contributed by atoms with Crippen molar-refractivity contribution in [1.29, 1.82) is 0 Å². The lowest BCUT2D eigenvalue weighted by atomic mass is 10.2. The van der Waals surface area contributed by atoms with Crippen LogP contribution in [0.1, 0.15) is 15.2 Å². The third kappa shape index (κ3) is 5.69. The number of anilines is 1. The molecule has 33 heavy (non-hydrogen) atoms. The number of carbonyl (C=O) groups excluding carboxylic acids is 1. The number of nitrogens with one attached hydrogen (secondary N) is 2. The second-order valence-electron chi connectivity index (χ2n) is 7.97. The van der Waals surface area contributed by atoms with Gasteiger partial charge in [0.25, 0.3) is 5.91 Å². The fourth-order valence-corrected chi connectivity index (χ4v) is 5.24. The van der Waals surface area contributed by atoms with Gasteiger partial charge in [0, 0.05) is 52.9 Å². The standard InChI is InChI=1S/C24H26N4O3S2/c1-27(2)12-13-28-11-10-18-15-20(8-9-23(18)28)26-24(29)19-5-3-7-22(16-19)33(30,31)25-17-21-6-4-14-32-21/h3-11,14-16,25H,12-13,17H2,1-2H3,(H,26,29). The first kappa shape index (κ1) is 23.2. The van der Waals surface area contributed by atoms with E-state index in [1.165, 1.54) is 23.5 Å². The third-order valence-electron chi connectivity index (χ3n) is 5.24. The van der Waals surface area contributed by atoms with Gasteiger partial charge in [0.15, 0.2) is 0 Å². The smallest absolute Gasteiger partial charge is 0.255 e. The minimum absolute atomic E-state index is 0.0557. The average molecular weight is 483 g/mol. The Labute approximate surface area is 197 Å². The zero-order chi connectivity index (χ0) is 23.4. The van der Waals surface area contributed by atoms with Gasteiger partial charge in [-0.15, -0.1) is 11.3 Å². The van der Waals surface area contributed by atoms with E-state index in [0.29, 0.717) is 5.69 Å². The Bertz CT molecular complexity index is 1360. The summed E-state index contributed by atoms with van der Waals surface area (Å²) >= 11 is 1.48. The number of carbonyl (C=O) groups is 1. The summed E-state index contributed by atoms with van der Waals surface area (Å²) in [5.41, 5.74) is 2.03. The van der Waals surface area contributed by atoms with E-state index in [4.69, 9.17) is 0 Å². The van der Waals surface area contributed by atoms with Crippen molar-refractivity contribution >= 4 is 43.9 Å². The van der Waals surface area contributed by atoms with Crippen LogP contribution in [0.2, 0.25) is 0 Å². The van der Waals surface area contributed by atoms with Crippen LogP contribution in [0.3, 0.4) is 0 Å². The van der Waals surface area contributed by atoms with Gasteiger partial charge >= 0.3 is 0 Å². The van der Waals surface area contributed by atoms with Gasteiger partial charge in [-0.3, -0.25) is 4.79 Å². The van der Waals surface area contributed by atoms with Crippen LogP contribution in [-0.2, 0) is 23.1 Å². The van der Waals surface area contributed by atoms with Crippen LogP contribution in [0.15, 0.2) is 77.1 Å². The average Bonchev–Trinajstić information content (AvgIpc) is 3.46. The molecule has 0 aliphatic carbocycles. The molecule has 0 spiro atoms. The van der Waals surface area contributed by atoms with Gasteiger partial charge < -0.3 is 14.8 Å². The van der Waals surface area contributed by atoms with Crippen LogP contribution in [0.4, 0.5) is 5.69 Å². The maximum absolute atomic E-state index is 12.8. The molecule has 0 aliphatic rings. The molecule has 4 aromatic rings. The molecule has 0 saturated heterocycles. The van der Waals surface area contributed by atoms with Crippen molar-refractivity contribution < 1.29 is 13.2 Å². The van der Waals surface area contributed by atoms with Gasteiger partial charge in [-0.1, -0.05) is 12.1 Å². The molecule has 2 N–H and O–H groups in total. The van der Waals surface area contributed by atoms with Crippen LogP contribution in [0, 0.1) is 0 Å². The molecule has 9 heteroatoms. The van der Waals surface area contributed by atoms with Crippen LogP contribution in [0.25, 0.3) is 10.9 Å². The van der Waals surface area contributed by atoms with Crippen molar-refractivity contribution in [2.75, 3.05) is 26.0 Å². The molecule has 172 valence electrons. The number of benzene rings is 2. The summed E-state index contributed by atoms with van der Waals surface area (Å²) in [6.45, 7) is 2.03. The van der Waals surface area contributed by atoms with Gasteiger partial charge in [-0.05, 0) is 68.0 Å². The van der Waals surface area contributed by atoms with E-state index in [2.05, 4.69) is 19.5 Å². The maximum Gasteiger partial charge on any atom is 0.255 e. The summed E-state index contributed by atoms with van der Waals surface area (Å²) in [4.78, 5) is 15.9. The lowest BCUT2D eigenvalue weighted by molar-refractivity contribution is 0.102.